The molecule has 0 aliphatic carbocycles. The number of ether oxygens (including phenoxy) is 1. The van der Waals surface area contributed by atoms with Crippen molar-refractivity contribution in [2.75, 3.05) is 19.6 Å². The molecule has 1 aliphatic rings. The quantitative estimate of drug-likeness (QED) is 0.808. The first kappa shape index (κ1) is 16.0. The molecular formula is C17H26N2O2. The van der Waals surface area contributed by atoms with Crippen molar-refractivity contribution in [3.8, 4) is 0 Å². The average Bonchev–Trinajstić information content (AvgIpc) is 2.54. The van der Waals surface area contributed by atoms with Crippen LogP contribution in [-0.4, -0.2) is 31.6 Å². The number of carbonyl (C=O) groups excluding carboxylic acids is 1. The van der Waals surface area contributed by atoms with Gasteiger partial charge in [-0.1, -0.05) is 30.3 Å². The Bertz CT molecular complexity index is 416. The van der Waals surface area contributed by atoms with Gasteiger partial charge in [-0.3, -0.25) is 4.79 Å². The molecule has 1 amide bonds. The number of carbonyl (C=O) groups is 1. The predicted octanol–water partition coefficient (Wildman–Crippen LogP) is 2.10. The molecule has 1 saturated heterocycles. The van der Waals surface area contributed by atoms with E-state index in [9.17, 15) is 4.79 Å². The second-order valence-electron chi connectivity index (χ2n) is 5.71. The summed E-state index contributed by atoms with van der Waals surface area (Å²) in [5.41, 5.74) is 1.18. The Morgan fingerprint density at radius 2 is 2.05 bits per heavy atom. The van der Waals surface area contributed by atoms with Crippen LogP contribution in [0.15, 0.2) is 30.3 Å². The molecule has 0 spiro atoms. The lowest BCUT2D eigenvalue weighted by Gasteiger charge is -2.22. The minimum atomic E-state index is 0.151. The van der Waals surface area contributed by atoms with Gasteiger partial charge in [0, 0.05) is 12.5 Å². The topological polar surface area (TPSA) is 50.4 Å². The number of amides is 1. The Labute approximate surface area is 127 Å². The lowest BCUT2D eigenvalue weighted by atomic mass is 9.97. The van der Waals surface area contributed by atoms with Gasteiger partial charge in [0.1, 0.15) is 0 Å². The fourth-order valence-corrected chi connectivity index (χ4v) is 2.52. The molecule has 4 nitrogen and oxygen atoms in total. The number of rotatable bonds is 7. The number of benzene rings is 1. The summed E-state index contributed by atoms with van der Waals surface area (Å²) in [6.07, 6.45) is 2.90. The van der Waals surface area contributed by atoms with E-state index in [4.69, 9.17) is 4.74 Å². The zero-order valence-electron chi connectivity index (χ0n) is 12.8. The van der Waals surface area contributed by atoms with E-state index in [0.29, 0.717) is 13.2 Å². The molecule has 4 heteroatoms. The van der Waals surface area contributed by atoms with E-state index in [1.54, 1.807) is 0 Å². The van der Waals surface area contributed by atoms with Crippen molar-refractivity contribution in [1.29, 1.82) is 0 Å². The molecule has 0 saturated carbocycles. The van der Waals surface area contributed by atoms with Gasteiger partial charge in [0.15, 0.2) is 0 Å². The first-order chi connectivity index (χ1) is 10.3. The van der Waals surface area contributed by atoms with Crippen LogP contribution in [0.1, 0.15) is 31.7 Å². The monoisotopic (exact) mass is 290 g/mol. The van der Waals surface area contributed by atoms with Gasteiger partial charge in [0.25, 0.3) is 0 Å². The Morgan fingerprint density at radius 1 is 1.33 bits per heavy atom. The molecule has 1 heterocycles. The summed E-state index contributed by atoms with van der Waals surface area (Å²) in [5.74, 6) is 0.388. The number of hydrogen-bond donors (Lipinski definition) is 2. The Balaban J connectivity index is 1.58. The highest BCUT2D eigenvalue weighted by Crippen LogP contribution is 2.11. The summed E-state index contributed by atoms with van der Waals surface area (Å²) in [6, 6.07) is 10.2. The summed E-state index contributed by atoms with van der Waals surface area (Å²) in [5, 5.41) is 6.31. The molecule has 1 aliphatic heterocycles. The SMILES string of the molecule is CC(CCNC(=O)C1CCNCC1)OCc1ccccc1. The van der Waals surface area contributed by atoms with E-state index in [-0.39, 0.29) is 17.9 Å². The molecule has 1 atom stereocenters. The van der Waals surface area contributed by atoms with Crippen LogP contribution in [0.3, 0.4) is 0 Å². The molecule has 2 N–H and O–H groups in total. The zero-order valence-corrected chi connectivity index (χ0v) is 12.8. The van der Waals surface area contributed by atoms with Crippen molar-refractivity contribution < 1.29 is 9.53 Å². The van der Waals surface area contributed by atoms with Crippen LogP contribution in [0, 0.1) is 5.92 Å². The van der Waals surface area contributed by atoms with Crippen molar-refractivity contribution in [2.45, 2.75) is 38.9 Å². The van der Waals surface area contributed by atoms with Crippen LogP contribution in [0.2, 0.25) is 0 Å². The summed E-state index contributed by atoms with van der Waals surface area (Å²) in [7, 11) is 0. The standard InChI is InChI=1S/C17H26N2O2/c1-14(21-13-15-5-3-2-4-6-15)7-12-19-17(20)16-8-10-18-11-9-16/h2-6,14,16,18H,7-13H2,1H3,(H,19,20). The van der Waals surface area contributed by atoms with Gasteiger partial charge in [0.05, 0.1) is 12.7 Å². The molecule has 116 valence electrons. The third kappa shape index (κ3) is 5.86. The maximum absolute atomic E-state index is 12.0. The van der Waals surface area contributed by atoms with Crippen LogP contribution in [0.4, 0.5) is 0 Å². The molecule has 21 heavy (non-hydrogen) atoms. The normalized spacial score (nSPS) is 17.4. The fraction of sp³-hybridized carbons (Fsp3) is 0.588. The zero-order chi connectivity index (χ0) is 14.9. The van der Waals surface area contributed by atoms with E-state index >= 15 is 0 Å². The minimum Gasteiger partial charge on any atom is -0.374 e. The second kappa shape index (κ2) is 8.80. The van der Waals surface area contributed by atoms with E-state index in [1.807, 2.05) is 18.2 Å². The van der Waals surface area contributed by atoms with Crippen LogP contribution < -0.4 is 10.6 Å². The smallest absolute Gasteiger partial charge is 0.223 e. The van der Waals surface area contributed by atoms with Gasteiger partial charge in [-0.05, 0) is 44.8 Å². The van der Waals surface area contributed by atoms with E-state index < -0.39 is 0 Å². The average molecular weight is 290 g/mol. The minimum absolute atomic E-state index is 0.151. The summed E-state index contributed by atoms with van der Waals surface area (Å²) in [6.45, 7) is 5.28. The largest absolute Gasteiger partial charge is 0.374 e. The van der Waals surface area contributed by atoms with Gasteiger partial charge in [-0.2, -0.15) is 0 Å². The maximum Gasteiger partial charge on any atom is 0.223 e. The predicted molar refractivity (Wildman–Crippen MR) is 83.9 cm³/mol. The molecule has 1 aromatic rings. The number of hydrogen-bond acceptors (Lipinski definition) is 3. The number of piperidine rings is 1. The maximum atomic E-state index is 12.0. The molecule has 1 unspecified atom stereocenters. The van der Waals surface area contributed by atoms with Gasteiger partial charge in [-0.15, -0.1) is 0 Å². The Morgan fingerprint density at radius 3 is 2.76 bits per heavy atom. The highest BCUT2D eigenvalue weighted by molar-refractivity contribution is 5.78. The third-order valence-electron chi connectivity index (χ3n) is 3.94. The molecule has 2 rings (SSSR count). The lowest BCUT2D eigenvalue weighted by molar-refractivity contribution is -0.125. The molecule has 1 fully saturated rings. The molecule has 1 aromatic carbocycles. The van der Waals surface area contributed by atoms with E-state index in [1.165, 1.54) is 5.56 Å². The van der Waals surface area contributed by atoms with Gasteiger partial charge < -0.3 is 15.4 Å². The Kier molecular flexibility index (Phi) is 6.70. The van der Waals surface area contributed by atoms with Crippen molar-refractivity contribution in [2.24, 2.45) is 5.92 Å². The van der Waals surface area contributed by atoms with E-state index in [0.717, 1.165) is 32.4 Å². The molecule has 0 radical (unpaired) electrons. The molecular weight excluding hydrogens is 264 g/mol. The van der Waals surface area contributed by atoms with Crippen LogP contribution in [0.25, 0.3) is 0 Å². The van der Waals surface area contributed by atoms with Crippen molar-refractivity contribution in [3.63, 3.8) is 0 Å². The highest BCUT2D eigenvalue weighted by Gasteiger charge is 2.20. The Hall–Kier alpha value is -1.39. The first-order valence-corrected chi connectivity index (χ1v) is 7.89. The van der Waals surface area contributed by atoms with Crippen molar-refractivity contribution in [3.05, 3.63) is 35.9 Å². The van der Waals surface area contributed by atoms with Crippen molar-refractivity contribution in [1.82, 2.24) is 10.6 Å². The van der Waals surface area contributed by atoms with E-state index in [2.05, 4.69) is 29.7 Å². The third-order valence-corrected chi connectivity index (χ3v) is 3.94. The molecule has 0 bridgehead atoms. The van der Waals surface area contributed by atoms with Crippen LogP contribution >= 0.6 is 0 Å². The van der Waals surface area contributed by atoms with Gasteiger partial charge in [-0.25, -0.2) is 0 Å². The fourth-order valence-electron chi connectivity index (χ4n) is 2.52. The first-order valence-electron chi connectivity index (χ1n) is 7.89. The summed E-state index contributed by atoms with van der Waals surface area (Å²) < 4.78 is 5.79. The summed E-state index contributed by atoms with van der Waals surface area (Å²) in [4.78, 5) is 12.0. The number of nitrogens with one attached hydrogen (secondary N) is 2. The lowest BCUT2D eigenvalue weighted by Crippen LogP contribution is -2.39. The highest BCUT2D eigenvalue weighted by atomic mass is 16.5. The second-order valence-corrected chi connectivity index (χ2v) is 5.71. The van der Waals surface area contributed by atoms with Crippen LogP contribution in [0.5, 0.6) is 0 Å². The molecule has 0 aromatic heterocycles. The van der Waals surface area contributed by atoms with Gasteiger partial charge in [0.2, 0.25) is 5.91 Å². The van der Waals surface area contributed by atoms with Gasteiger partial charge >= 0.3 is 0 Å². The van der Waals surface area contributed by atoms with Crippen molar-refractivity contribution >= 4 is 5.91 Å². The van der Waals surface area contributed by atoms with Crippen LogP contribution in [-0.2, 0) is 16.1 Å². The summed E-state index contributed by atoms with van der Waals surface area (Å²) >= 11 is 0.